The molecule has 0 bridgehead atoms. The molecular weight excluding hydrogens is 360 g/mol. The number of amides is 1. The summed E-state index contributed by atoms with van der Waals surface area (Å²) in [5.41, 5.74) is 1.99. The molecule has 3 rings (SSSR count). The van der Waals surface area contributed by atoms with Gasteiger partial charge in [-0.05, 0) is 53.6 Å². The first-order valence-electron chi connectivity index (χ1n) is 9.05. The van der Waals surface area contributed by atoms with E-state index in [0.29, 0.717) is 5.69 Å². The number of benzene rings is 2. The van der Waals surface area contributed by atoms with Gasteiger partial charge in [-0.3, -0.25) is 9.52 Å². The Hall–Kier alpha value is -2.34. The maximum Gasteiger partial charge on any atom is 0.261 e. The fourth-order valence-corrected chi connectivity index (χ4v) is 4.28. The average molecular weight is 387 g/mol. The average Bonchev–Trinajstić information content (AvgIpc) is 3.42. The van der Waals surface area contributed by atoms with Crippen LogP contribution in [0.4, 0.5) is 5.69 Å². The Labute approximate surface area is 161 Å². The molecule has 0 heterocycles. The number of sulfonamides is 1. The Morgan fingerprint density at radius 2 is 1.52 bits per heavy atom. The number of carbonyl (C=O) groups is 1. The van der Waals surface area contributed by atoms with E-state index in [-0.39, 0.29) is 16.2 Å². The van der Waals surface area contributed by atoms with E-state index in [2.05, 4.69) is 30.8 Å². The van der Waals surface area contributed by atoms with Gasteiger partial charge in [0.15, 0.2) is 0 Å². The highest BCUT2D eigenvalue weighted by atomic mass is 32.2. The predicted molar refractivity (Wildman–Crippen MR) is 107 cm³/mol. The second-order valence-electron chi connectivity index (χ2n) is 8.12. The smallest absolute Gasteiger partial charge is 0.261 e. The van der Waals surface area contributed by atoms with E-state index in [4.69, 9.17) is 0 Å². The summed E-state index contributed by atoms with van der Waals surface area (Å²) in [6.07, 6.45) is 1.63. The predicted octanol–water partition coefficient (Wildman–Crippen LogP) is 3.56. The Balaban J connectivity index is 1.77. The molecule has 2 N–H and O–H groups in total. The minimum absolute atomic E-state index is 0.00905. The lowest BCUT2D eigenvalue weighted by atomic mass is 9.87. The van der Waals surface area contributed by atoms with Gasteiger partial charge < -0.3 is 5.32 Å². The second-order valence-corrected chi connectivity index (χ2v) is 9.80. The molecule has 27 heavy (non-hydrogen) atoms. The van der Waals surface area contributed by atoms with Crippen LogP contribution in [-0.4, -0.2) is 21.4 Å². The van der Waals surface area contributed by atoms with Crippen molar-refractivity contribution in [3.63, 3.8) is 0 Å². The molecule has 1 aliphatic carbocycles. The van der Waals surface area contributed by atoms with Crippen LogP contribution in [0.1, 0.15) is 44.7 Å². The van der Waals surface area contributed by atoms with Crippen LogP contribution < -0.4 is 10.0 Å². The van der Waals surface area contributed by atoms with Gasteiger partial charge in [0.05, 0.1) is 10.3 Å². The standard InChI is InChI=1S/C21H26N2O3S/c1-20(2,3)15-7-11-18(12-8-15)27(25,26)23-17-9-5-16(6-10-17)21(13-14-21)19(24)22-4/h5-12,23H,13-14H2,1-4H3,(H,22,24). The Kier molecular flexibility index (Phi) is 4.80. The minimum Gasteiger partial charge on any atom is -0.358 e. The van der Waals surface area contributed by atoms with Crippen LogP contribution in [0.2, 0.25) is 0 Å². The molecule has 1 fully saturated rings. The molecule has 0 spiro atoms. The van der Waals surface area contributed by atoms with Crippen molar-refractivity contribution in [3.05, 3.63) is 59.7 Å². The van der Waals surface area contributed by atoms with Crippen molar-refractivity contribution in [1.82, 2.24) is 5.32 Å². The maximum absolute atomic E-state index is 12.6. The van der Waals surface area contributed by atoms with E-state index in [1.165, 1.54) is 0 Å². The van der Waals surface area contributed by atoms with Crippen molar-refractivity contribution >= 4 is 21.6 Å². The molecule has 6 heteroatoms. The van der Waals surface area contributed by atoms with Gasteiger partial charge in [0.2, 0.25) is 5.91 Å². The molecule has 2 aromatic carbocycles. The molecule has 0 unspecified atom stereocenters. The molecule has 1 amide bonds. The summed E-state index contributed by atoms with van der Waals surface area (Å²) < 4.78 is 27.9. The van der Waals surface area contributed by atoms with E-state index in [9.17, 15) is 13.2 Å². The van der Waals surface area contributed by atoms with Crippen LogP contribution in [0.15, 0.2) is 53.4 Å². The summed E-state index contributed by atoms with van der Waals surface area (Å²) in [5, 5.41) is 2.71. The Morgan fingerprint density at radius 3 is 1.96 bits per heavy atom. The summed E-state index contributed by atoms with van der Waals surface area (Å²) >= 11 is 0. The van der Waals surface area contributed by atoms with Crippen LogP contribution in [0.5, 0.6) is 0 Å². The summed E-state index contributed by atoms with van der Waals surface area (Å²) in [4.78, 5) is 12.3. The van der Waals surface area contributed by atoms with E-state index < -0.39 is 15.4 Å². The topological polar surface area (TPSA) is 75.3 Å². The number of likely N-dealkylation sites (N-methyl/N-ethyl adjacent to an activating group) is 1. The van der Waals surface area contributed by atoms with Gasteiger partial charge in [0, 0.05) is 12.7 Å². The molecule has 0 radical (unpaired) electrons. The van der Waals surface area contributed by atoms with E-state index in [0.717, 1.165) is 24.0 Å². The van der Waals surface area contributed by atoms with Crippen molar-refractivity contribution in [3.8, 4) is 0 Å². The number of carbonyl (C=O) groups excluding carboxylic acids is 1. The zero-order chi connectivity index (χ0) is 19.9. The molecule has 1 aliphatic rings. The van der Waals surface area contributed by atoms with Crippen molar-refractivity contribution in [2.75, 3.05) is 11.8 Å². The van der Waals surface area contributed by atoms with Gasteiger partial charge in [-0.2, -0.15) is 0 Å². The number of anilines is 1. The quantitative estimate of drug-likeness (QED) is 0.825. The van der Waals surface area contributed by atoms with Gasteiger partial charge in [-0.15, -0.1) is 0 Å². The third-order valence-corrected chi connectivity index (χ3v) is 6.53. The number of rotatable bonds is 5. The summed E-state index contributed by atoms with van der Waals surface area (Å²) in [7, 11) is -2.02. The third-order valence-electron chi connectivity index (χ3n) is 5.13. The highest BCUT2D eigenvalue weighted by molar-refractivity contribution is 7.92. The fraction of sp³-hybridized carbons (Fsp3) is 0.381. The van der Waals surface area contributed by atoms with Crippen molar-refractivity contribution < 1.29 is 13.2 Å². The maximum atomic E-state index is 12.6. The second kappa shape index (κ2) is 6.68. The first-order chi connectivity index (χ1) is 12.6. The summed E-state index contributed by atoms with van der Waals surface area (Å²) in [6.45, 7) is 6.26. The van der Waals surface area contributed by atoms with Crippen LogP contribution in [0.25, 0.3) is 0 Å². The molecular formula is C21H26N2O3S. The molecule has 1 saturated carbocycles. The SMILES string of the molecule is CNC(=O)C1(c2ccc(NS(=O)(=O)c3ccc(C(C)(C)C)cc3)cc2)CC1. The molecule has 5 nitrogen and oxygen atoms in total. The lowest BCUT2D eigenvalue weighted by Gasteiger charge is -2.19. The van der Waals surface area contributed by atoms with Crippen molar-refractivity contribution in [2.24, 2.45) is 0 Å². The Morgan fingerprint density at radius 1 is 0.963 bits per heavy atom. The lowest BCUT2D eigenvalue weighted by molar-refractivity contribution is -0.123. The summed E-state index contributed by atoms with van der Waals surface area (Å²) in [6, 6.07) is 14.0. The fourth-order valence-electron chi connectivity index (χ4n) is 3.22. The highest BCUT2D eigenvalue weighted by Gasteiger charge is 2.50. The van der Waals surface area contributed by atoms with Gasteiger partial charge >= 0.3 is 0 Å². The minimum atomic E-state index is -3.66. The molecule has 0 aliphatic heterocycles. The van der Waals surface area contributed by atoms with Crippen LogP contribution >= 0.6 is 0 Å². The normalized spacial score (nSPS) is 15.9. The number of hydrogen-bond acceptors (Lipinski definition) is 3. The zero-order valence-corrected chi connectivity index (χ0v) is 17.0. The van der Waals surface area contributed by atoms with Gasteiger partial charge in [-0.25, -0.2) is 8.42 Å². The third kappa shape index (κ3) is 3.86. The number of nitrogens with one attached hydrogen (secondary N) is 2. The lowest BCUT2D eigenvalue weighted by Crippen LogP contribution is -2.31. The van der Waals surface area contributed by atoms with Gasteiger partial charge in [0.25, 0.3) is 10.0 Å². The largest absolute Gasteiger partial charge is 0.358 e. The van der Waals surface area contributed by atoms with E-state index >= 15 is 0 Å². The molecule has 0 atom stereocenters. The van der Waals surface area contributed by atoms with E-state index in [1.54, 1.807) is 31.3 Å². The van der Waals surface area contributed by atoms with Crippen molar-refractivity contribution in [1.29, 1.82) is 0 Å². The van der Waals surface area contributed by atoms with Gasteiger partial charge in [-0.1, -0.05) is 45.0 Å². The summed E-state index contributed by atoms with van der Waals surface area (Å²) in [5.74, 6) is 0.00905. The number of hydrogen-bond donors (Lipinski definition) is 2. The highest BCUT2D eigenvalue weighted by Crippen LogP contribution is 2.48. The molecule has 144 valence electrons. The van der Waals surface area contributed by atoms with Crippen LogP contribution in [-0.2, 0) is 25.6 Å². The monoisotopic (exact) mass is 386 g/mol. The van der Waals surface area contributed by atoms with Crippen molar-refractivity contribution in [2.45, 2.75) is 49.3 Å². The van der Waals surface area contributed by atoms with E-state index in [1.807, 2.05) is 24.3 Å². The molecule has 0 aromatic heterocycles. The zero-order valence-electron chi connectivity index (χ0n) is 16.2. The van der Waals surface area contributed by atoms with Gasteiger partial charge in [0.1, 0.15) is 0 Å². The first-order valence-corrected chi connectivity index (χ1v) is 10.5. The first kappa shape index (κ1) is 19.4. The molecule has 0 saturated heterocycles. The Bertz CT molecular complexity index is 936. The van der Waals surface area contributed by atoms with Crippen LogP contribution in [0.3, 0.4) is 0 Å². The molecule has 2 aromatic rings. The van der Waals surface area contributed by atoms with Crippen LogP contribution in [0, 0.1) is 0 Å².